The number of hydrogen-bond acceptors (Lipinski definition) is 4. The fourth-order valence-electron chi connectivity index (χ4n) is 4.53. The molecular weight excluding hydrogens is 430 g/mol. The van der Waals surface area contributed by atoms with Gasteiger partial charge < -0.3 is 15.5 Å². The summed E-state index contributed by atoms with van der Waals surface area (Å²) < 4.78 is 0. The summed E-state index contributed by atoms with van der Waals surface area (Å²) in [6.45, 7) is 6.99. The lowest BCUT2D eigenvalue weighted by Crippen LogP contribution is -2.52. The first kappa shape index (κ1) is 23.5. The Bertz CT molecular complexity index is 1140. The average molecular weight is 462 g/mol. The number of aryl methyl sites for hydroxylation is 2. The highest BCUT2D eigenvalue weighted by Gasteiger charge is 2.34. The van der Waals surface area contributed by atoms with Crippen LogP contribution >= 0.6 is 0 Å². The van der Waals surface area contributed by atoms with Crippen molar-refractivity contribution in [3.8, 4) is 0 Å². The Kier molecular flexibility index (Phi) is 6.95. The predicted octanol–water partition coefficient (Wildman–Crippen LogP) is 3.62. The van der Waals surface area contributed by atoms with Crippen LogP contribution in [-0.4, -0.2) is 54.3 Å². The van der Waals surface area contributed by atoms with Gasteiger partial charge >= 0.3 is 6.03 Å². The lowest BCUT2D eigenvalue weighted by atomic mass is 10.0. The van der Waals surface area contributed by atoms with E-state index in [9.17, 15) is 14.4 Å². The van der Waals surface area contributed by atoms with E-state index < -0.39 is 18.1 Å². The second-order valence-corrected chi connectivity index (χ2v) is 8.92. The minimum atomic E-state index is -1.15. The smallest absolute Gasteiger partial charge is 0.321 e. The third-order valence-electron chi connectivity index (χ3n) is 6.27. The molecule has 1 fully saturated rings. The fourth-order valence-corrected chi connectivity index (χ4v) is 4.53. The van der Waals surface area contributed by atoms with Crippen molar-refractivity contribution in [2.75, 3.05) is 29.9 Å². The van der Waals surface area contributed by atoms with E-state index in [0.717, 1.165) is 36.0 Å². The van der Waals surface area contributed by atoms with Gasteiger partial charge in [-0.3, -0.25) is 19.5 Å². The third kappa shape index (κ3) is 5.11. The van der Waals surface area contributed by atoms with Crippen molar-refractivity contribution in [2.45, 2.75) is 46.2 Å². The van der Waals surface area contributed by atoms with Crippen molar-refractivity contribution in [2.24, 2.45) is 4.99 Å². The number of anilines is 2. The summed E-state index contributed by atoms with van der Waals surface area (Å²) in [5.41, 5.74) is 4.57. The second kappa shape index (κ2) is 10.1. The van der Waals surface area contributed by atoms with Gasteiger partial charge in [0.1, 0.15) is 6.54 Å². The molecule has 2 aliphatic rings. The summed E-state index contributed by atoms with van der Waals surface area (Å²) in [4.78, 5) is 47.4. The van der Waals surface area contributed by atoms with Gasteiger partial charge in [-0.05, 0) is 63.3 Å². The monoisotopic (exact) mass is 461 g/mol. The fraction of sp³-hybridized carbons (Fsp3) is 0.385. The molecule has 0 radical (unpaired) electrons. The maximum Gasteiger partial charge on any atom is 0.321 e. The third-order valence-corrected chi connectivity index (χ3v) is 6.27. The van der Waals surface area contributed by atoms with E-state index in [1.807, 2.05) is 62.1 Å². The molecule has 8 nitrogen and oxygen atoms in total. The van der Waals surface area contributed by atoms with E-state index in [2.05, 4.69) is 15.6 Å². The number of carbonyl (C=O) groups is 3. The van der Waals surface area contributed by atoms with Gasteiger partial charge in [-0.25, -0.2) is 4.79 Å². The highest BCUT2D eigenvalue weighted by molar-refractivity contribution is 6.14. The molecule has 0 bridgehead atoms. The van der Waals surface area contributed by atoms with Gasteiger partial charge in [0, 0.05) is 30.1 Å². The predicted molar refractivity (Wildman–Crippen MR) is 133 cm³/mol. The average Bonchev–Trinajstić information content (AvgIpc) is 2.91. The molecule has 2 heterocycles. The van der Waals surface area contributed by atoms with E-state index >= 15 is 0 Å². The number of aliphatic imine (C=N–C) groups is 1. The zero-order chi connectivity index (χ0) is 24.2. The molecule has 1 unspecified atom stereocenters. The number of para-hydroxylation sites is 1. The van der Waals surface area contributed by atoms with Gasteiger partial charge in [-0.2, -0.15) is 0 Å². The number of nitrogens with zero attached hydrogens (tertiary/aromatic N) is 3. The molecule has 8 heteroatoms. The maximum absolute atomic E-state index is 13.7. The Balaban J connectivity index is 1.60. The van der Waals surface area contributed by atoms with Crippen LogP contribution in [0.3, 0.4) is 0 Å². The van der Waals surface area contributed by atoms with Crippen molar-refractivity contribution < 1.29 is 14.4 Å². The number of urea groups is 1. The Morgan fingerprint density at radius 1 is 1.03 bits per heavy atom. The molecule has 0 spiro atoms. The number of nitrogens with one attached hydrogen (secondary N) is 2. The van der Waals surface area contributed by atoms with Gasteiger partial charge in [-0.15, -0.1) is 0 Å². The van der Waals surface area contributed by atoms with E-state index in [-0.39, 0.29) is 12.5 Å². The van der Waals surface area contributed by atoms with Crippen LogP contribution in [0.2, 0.25) is 0 Å². The number of likely N-dealkylation sites (tertiary alicyclic amines) is 1. The number of piperidine rings is 1. The summed E-state index contributed by atoms with van der Waals surface area (Å²) in [6, 6.07) is 12.6. The van der Waals surface area contributed by atoms with Crippen molar-refractivity contribution in [1.82, 2.24) is 10.2 Å². The van der Waals surface area contributed by atoms with E-state index in [1.54, 1.807) is 6.07 Å². The van der Waals surface area contributed by atoms with Crippen molar-refractivity contribution in [3.63, 3.8) is 0 Å². The van der Waals surface area contributed by atoms with Crippen LogP contribution in [0.5, 0.6) is 0 Å². The van der Waals surface area contributed by atoms with Gasteiger partial charge in [0.05, 0.1) is 5.69 Å². The van der Waals surface area contributed by atoms with Crippen LogP contribution in [0.15, 0.2) is 47.5 Å². The molecule has 34 heavy (non-hydrogen) atoms. The zero-order valence-electron chi connectivity index (χ0n) is 19.9. The Morgan fingerprint density at radius 2 is 1.76 bits per heavy atom. The van der Waals surface area contributed by atoms with E-state index in [4.69, 9.17) is 0 Å². The molecule has 1 saturated heterocycles. The van der Waals surface area contributed by atoms with E-state index in [1.165, 1.54) is 4.90 Å². The van der Waals surface area contributed by atoms with Crippen LogP contribution in [0.25, 0.3) is 0 Å². The summed E-state index contributed by atoms with van der Waals surface area (Å²) in [5.74, 6) is -0.526. The number of rotatable bonds is 4. The second-order valence-electron chi connectivity index (χ2n) is 8.92. The molecule has 2 aliphatic heterocycles. The maximum atomic E-state index is 13.7. The largest absolute Gasteiger partial charge is 0.341 e. The summed E-state index contributed by atoms with van der Waals surface area (Å²) in [7, 11) is 0. The number of carbonyl (C=O) groups excluding carboxylic acids is 3. The van der Waals surface area contributed by atoms with Crippen LogP contribution in [0.1, 0.15) is 42.9 Å². The van der Waals surface area contributed by atoms with Crippen molar-refractivity contribution >= 4 is 34.9 Å². The molecule has 2 aromatic carbocycles. The minimum absolute atomic E-state index is 0.0861. The number of fused-ring (bicyclic) bond motifs is 1. The highest BCUT2D eigenvalue weighted by atomic mass is 16.2. The summed E-state index contributed by atoms with van der Waals surface area (Å²) >= 11 is 0. The quantitative estimate of drug-likeness (QED) is 0.728. The van der Waals surface area contributed by atoms with Gasteiger partial charge in [0.25, 0.3) is 5.91 Å². The van der Waals surface area contributed by atoms with Crippen LogP contribution < -0.4 is 15.5 Å². The molecule has 2 aromatic rings. The molecule has 178 valence electrons. The Labute approximate surface area is 200 Å². The van der Waals surface area contributed by atoms with Crippen LogP contribution in [0.4, 0.5) is 16.2 Å². The molecule has 0 aromatic heterocycles. The van der Waals surface area contributed by atoms with E-state index in [0.29, 0.717) is 30.2 Å². The van der Waals surface area contributed by atoms with Crippen LogP contribution in [-0.2, 0) is 9.59 Å². The summed E-state index contributed by atoms with van der Waals surface area (Å²) in [6.07, 6.45) is 1.91. The highest BCUT2D eigenvalue weighted by Crippen LogP contribution is 2.29. The molecule has 0 aliphatic carbocycles. The molecule has 0 saturated carbocycles. The summed E-state index contributed by atoms with van der Waals surface area (Å²) in [5, 5.41) is 5.45. The Morgan fingerprint density at radius 3 is 2.50 bits per heavy atom. The normalized spacial score (nSPS) is 18.0. The first-order chi connectivity index (χ1) is 16.3. The van der Waals surface area contributed by atoms with Crippen molar-refractivity contribution in [3.05, 3.63) is 59.2 Å². The van der Waals surface area contributed by atoms with Gasteiger partial charge in [-0.1, -0.05) is 30.3 Å². The molecule has 1 atom stereocenters. The van der Waals surface area contributed by atoms with Crippen LogP contribution in [0, 0.1) is 13.8 Å². The van der Waals surface area contributed by atoms with Gasteiger partial charge in [0.15, 0.2) is 0 Å². The van der Waals surface area contributed by atoms with Gasteiger partial charge in [0.2, 0.25) is 12.1 Å². The molecule has 4 amide bonds. The molecule has 2 N–H and O–H groups in total. The minimum Gasteiger partial charge on any atom is -0.341 e. The number of benzene rings is 2. The number of benzodiazepines with no additional fused rings is 1. The lowest BCUT2D eigenvalue weighted by molar-refractivity contribution is -0.132. The lowest BCUT2D eigenvalue weighted by Gasteiger charge is -2.31. The Hall–Kier alpha value is -3.68. The zero-order valence-corrected chi connectivity index (χ0v) is 19.9. The van der Waals surface area contributed by atoms with Crippen molar-refractivity contribution in [1.29, 1.82) is 0 Å². The standard InChI is InChI=1S/C26H31N5O3/c1-17-9-7-11-20(15-17)28-26(34)29-24-25(33)31(16-22(32)30-13-5-4-6-14-30)23-18(2)10-8-12-21(23)19(3)27-24/h7-12,15,24H,4-6,13-14,16H2,1-3H3,(H2,28,29,34). The molecule has 4 rings (SSSR count). The molecular formula is C26H31N5O3. The SMILES string of the molecule is CC1=NC(NC(=O)Nc2cccc(C)c2)C(=O)N(CC(=O)N2CCCCC2)c2c(C)cccc21. The topological polar surface area (TPSA) is 94.1 Å². The number of amides is 4. The first-order valence-corrected chi connectivity index (χ1v) is 11.7. The number of hydrogen-bond donors (Lipinski definition) is 2. The first-order valence-electron chi connectivity index (χ1n) is 11.7.